The quantitative estimate of drug-likeness (QED) is 0.664. The largest absolute Gasteiger partial charge is 0.383 e. The lowest BCUT2D eigenvalue weighted by Gasteiger charge is -2.27. The lowest BCUT2D eigenvalue weighted by atomic mass is 10.1. The van der Waals surface area contributed by atoms with Gasteiger partial charge < -0.3 is 10.1 Å². The maximum Gasteiger partial charge on any atom is 0.0603 e. The molecule has 72 valence electrons. The fraction of sp³-hybridized carbons (Fsp3) is 1.00. The summed E-state index contributed by atoms with van der Waals surface area (Å²) in [7, 11) is 0.943. The zero-order valence-corrected chi connectivity index (χ0v) is 8.52. The highest BCUT2D eigenvalue weighted by molar-refractivity contribution is 7.85. The molecule has 1 heterocycles. The summed E-state index contributed by atoms with van der Waals surface area (Å²) in [5.74, 6) is 1.46. The van der Waals surface area contributed by atoms with Gasteiger partial charge >= 0.3 is 0 Å². The molecule has 0 aromatic rings. The van der Waals surface area contributed by atoms with Crippen LogP contribution in [0.25, 0.3) is 0 Å². The van der Waals surface area contributed by atoms with Crippen LogP contribution in [0.5, 0.6) is 0 Å². The monoisotopic (exact) mass is 191 g/mol. The van der Waals surface area contributed by atoms with Crippen molar-refractivity contribution in [3.63, 3.8) is 0 Å². The Bertz CT molecular complexity index is 159. The maximum atomic E-state index is 11.5. The Balaban J connectivity index is 2.16. The first kappa shape index (κ1) is 10.2. The van der Waals surface area contributed by atoms with Gasteiger partial charge in [0.15, 0.2) is 0 Å². The van der Waals surface area contributed by atoms with Crippen LogP contribution in [0.2, 0.25) is 0 Å². The Morgan fingerprint density at radius 2 is 2.33 bits per heavy atom. The van der Waals surface area contributed by atoms with Crippen molar-refractivity contribution in [1.29, 1.82) is 0 Å². The molecule has 3 nitrogen and oxygen atoms in total. The summed E-state index contributed by atoms with van der Waals surface area (Å²) in [5, 5.41) is 3.35. The van der Waals surface area contributed by atoms with Crippen molar-refractivity contribution in [2.24, 2.45) is 5.92 Å². The molecule has 0 bridgehead atoms. The second-order valence-electron chi connectivity index (χ2n) is 3.34. The van der Waals surface area contributed by atoms with Crippen molar-refractivity contribution in [3.05, 3.63) is 0 Å². The number of hydrogen-bond acceptors (Lipinski definition) is 3. The van der Waals surface area contributed by atoms with Crippen LogP contribution >= 0.6 is 0 Å². The topological polar surface area (TPSA) is 38.3 Å². The van der Waals surface area contributed by atoms with Crippen molar-refractivity contribution in [2.75, 3.05) is 32.6 Å². The van der Waals surface area contributed by atoms with Crippen LogP contribution in [0.15, 0.2) is 0 Å². The first-order valence-corrected chi connectivity index (χ1v) is 5.69. The van der Waals surface area contributed by atoms with Crippen molar-refractivity contribution in [2.45, 2.75) is 12.2 Å². The van der Waals surface area contributed by atoms with Gasteiger partial charge in [0.1, 0.15) is 0 Å². The molecule has 0 aromatic carbocycles. The molecule has 0 amide bonds. The Morgan fingerprint density at radius 3 is 2.75 bits per heavy atom. The molecule has 1 rings (SSSR count). The van der Waals surface area contributed by atoms with Gasteiger partial charge in [-0.25, -0.2) is 0 Å². The Kier molecular flexibility index (Phi) is 4.18. The van der Waals surface area contributed by atoms with Gasteiger partial charge in [-0.05, 0) is 12.8 Å². The molecule has 1 aliphatic heterocycles. The van der Waals surface area contributed by atoms with E-state index in [2.05, 4.69) is 5.32 Å². The molecule has 2 unspecified atom stereocenters. The second-order valence-corrected chi connectivity index (χ2v) is 5.24. The molecular formula is C8H17NO2S. The molecule has 1 saturated heterocycles. The number of rotatable bonds is 5. The predicted molar refractivity (Wildman–Crippen MR) is 50.7 cm³/mol. The molecule has 4 heteroatoms. The molecule has 1 N–H and O–H groups in total. The molecule has 0 aliphatic carbocycles. The molecule has 1 fully saturated rings. The molecule has 0 saturated carbocycles. The van der Waals surface area contributed by atoms with Crippen LogP contribution in [0.4, 0.5) is 0 Å². The first-order valence-electron chi connectivity index (χ1n) is 4.31. The normalized spacial score (nSPS) is 23.2. The average molecular weight is 191 g/mol. The predicted octanol–water partition coefficient (Wildman–Crippen LogP) is -0.0106. The molecule has 1 aliphatic rings. The van der Waals surface area contributed by atoms with Crippen molar-refractivity contribution >= 4 is 10.8 Å². The van der Waals surface area contributed by atoms with Gasteiger partial charge in [-0.3, -0.25) is 4.21 Å². The van der Waals surface area contributed by atoms with Crippen molar-refractivity contribution in [3.8, 4) is 0 Å². The lowest BCUT2D eigenvalue weighted by molar-refractivity contribution is 0.201. The SMILES string of the molecule is COCC(C)S(=O)CC1CNC1. The van der Waals surface area contributed by atoms with E-state index >= 15 is 0 Å². The molecular weight excluding hydrogens is 174 g/mol. The van der Waals surface area contributed by atoms with Gasteiger partial charge in [0.05, 0.1) is 11.9 Å². The zero-order chi connectivity index (χ0) is 8.97. The standard InChI is InChI=1S/C8H17NO2S/c1-7(5-11-2)12(10)6-8-3-9-4-8/h7-9H,3-6H2,1-2H3. The van der Waals surface area contributed by atoms with E-state index in [0.29, 0.717) is 12.5 Å². The molecule has 2 atom stereocenters. The minimum absolute atomic E-state index is 0.176. The fourth-order valence-corrected chi connectivity index (χ4v) is 2.49. The molecule has 12 heavy (non-hydrogen) atoms. The van der Waals surface area contributed by atoms with Gasteiger partial charge in [-0.15, -0.1) is 0 Å². The zero-order valence-electron chi connectivity index (χ0n) is 7.71. The number of hydrogen-bond donors (Lipinski definition) is 1. The van der Waals surface area contributed by atoms with E-state index in [-0.39, 0.29) is 5.25 Å². The molecule has 0 aromatic heterocycles. The van der Waals surface area contributed by atoms with Crippen LogP contribution in [0.3, 0.4) is 0 Å². The fourth-order valence-electron chi connectivity index (χ4n) is 1.17. The Labute approximate surface area is 76.3 Å². The van der Waals surface area contributed by atoms with Crippen LogP contribution in [-0.2, 0) is 15.5 Å². The second kappa shape index (κ2) is 4.94. The highest BCUT2D eigenvalue weighted by Crippen LogP contribution is 2.08. The summed E-state index contributed by atoms with van der Waals surface area (Å²) >= 11 is 0. The highest BCUT2D eigenvalue weighted by Gasteiger charge is 2.21. The van der Waals surface area contributed by atoms with E-state index in [1.54, 1.807) is 7.11 Å². The van der Waals surface area contributed by atoms with E-state index in [1.807, 2.05) is 6.92 Å². The van der Waals surface area contributed by atoms with Gasteiger partial charge in [0, 0.05) is 36.8 Å². The summed E-state index contributed by atoms with van der Waals surface area (Å²) < 4.78 is 16.5. The van der Waals surface area contributed by atoms with Crippen LogP contribution in [0.1, 0.15) is 6.92 Å². The van der Waals surface area contributed by atoms with Crippen LogP contribution in [-0.4, -0.2) is 42.0 Å². The number of nitrogens with one attached hydrogen (secondary N) is 1. The van der Waals surface area contributed by atoms with Crippen LogP contribution < -0.4 is 5.32 Å². The van der Waals surface area contributed by atoms with E-state index in [0.717, 1.165) is 18.8 Å². The van der Waals surface area contributed by atoms with Gasteiger partial charge in [0.25, 0.3) is 0 Å². The summed E-state index contributed by atoms with van der Waals surface area (Å²) in [6.07, 6.45) is 0. The smallest absolute Gasteiger partial charge is 0.0603 e. The summed E-state index contributed by atoms with van der Waals surface area (Å²) in [6, 6.07) is 0. The molecule has 0 spiro atoms. The average Bonchev–Trinajstić information content (AvgIpc) is 1.97. The third-order valence-electron chi connectivity index (χ3n) is 2.12. The van der Waals surface area contributed by atoms with E-state index < -0.39 is 10.8 Å². The number of ether oxygens (including phenoxy) is 1. The van der Waals surface area contributed by atoms with E-state index in [4.69, 9.17) is 4.74 Å². The summed E-state index contributed by atoms with van der Waals surface area (Å²) in [5.41, 5.74) is 0. The first-order chi connectivity index (χ1) is 5.74. The molecule has 0 radical (unpaired) electrons. The van der Waals surface area contributed by atoms with Gasteiger partial charge in [-0.1, -0.05) is 0 Å². The lowest BCUT2D eigenvalue weighted by Crippen LogP contribution is -2.45. The number of methoxy groups -OCH3 is 1. The van der Waals surface area contributed by atoms with Crippen LogP contribution in [0, 0.1) is 5.92 Å². The van der Waals surface area contributed by atoms with Crippen molar-refractivity contribution < 1.29 is 8.95 Å². The van der Waals surface area contributed by atoms with E-state index in [9.17, 15) is 4.21 Å². The minimum atomic E-state index is -0.708. The van der Waals surface area contributed by atoms with Crippen molar-refractivity contribution in [1.82, 2.24) is 5.32 Å². The third kappa shape index (κ3) is 2.84. The third-order valence-corrected chi connectivity index (χ3v) is 3.95. The van der Waals surface area contributed by atoms with Gasteiger partial charge in [-0.2, -0.15) is 0 Å². The maximum absolute atomic E-state index is 11.5. The highest BCUT2D eigenvalue weighted by atomic mass is 32.2. The van der Waals surface area contributed by atoms with Gasteiger partial charge in [0.2, 0.25) is 0 Å². The summed E-state index contributed by atoms with van der Waals surface area (Å²) in [6.45, 7) is 4.65. The summed E-state index contributed by atoms with van der Waals surface area (Å²) in [4.78, 5) is 0. The minimum Gasteiger partial charge on any atom is -0.383 e. The Hall–Kier alpha value is 0.0700. The Morgan fingerprint density at radius 1 is 1.67 bits per heavy atom. The van der Waals surface area contributed by atoms with E-state index in [1.165, 1.54) is 0 Å².